The van der Waals surface area contributed by atoms with Crippen LogP contribution in [0.25, 0.3) is 0 Å². The summed E-state index contributed by atoms with van der Waals surface area (Å²) in [5.41, 5.74) is 6.97. The molecule has 2 aromatic rings. The molecule has 0 spiro atoms. The monoisotopic (exact) mass is 327 g/mol. The summed E-state index contributed by atoms with van der Waals surface area (Å²) in [7, 11) is 0. The van der Waals surface area contributed by atoms with Gasteiger partial charge in [-0.25, -0.2) is 0 Å². The number of aromatic nitrogens is 2. The molecule has 1 heterocycles. The van der Waals surface area contributed by atoms with Gasteiger partial charge < -0.3 is 10.3 Å². The topological polar surface area (TPSA) is 64.9 Å². The van der Waals surface area contributed by atoms with Crippen LogP contribution in [-0.2, 0) is 11.8 Å². The molecule has 0 amide bonds. The normalized spacial score (nSPS) is 16.7. The fourth-order valence-corrected chi connectivity index (χ4v) is 3.01. The molecule has 114 valence electrons. The molecule has 1 saturated carbocycles. The highest BCUT2D eigenvalue weighted by Crippen LogP contribution is 2.39. The molecule has 0 atom stereocenters. The van der Waals surface area contributed by atoms with E-state index in [9.17, 15) is 0 Å². The van der Waals surface area contributed by atoms with Gasteiger partial charge in [-0.05, 0) is 30.5 Å². The highest BCUT2D eigenvalue weighted by atomic mass is 35.5. The number of benzene rings is 1. The number of rotatable bonds is 4. The smallest absolute Gasteiger partial charge is 0.234 e. The lowest BCUT2D eigenvalue weighted by Gasteiger charge is -2.21. The highest BCUT2D eigenvalue weighted by Gasteiger charge is 2.39. The van der Waals surface area contributed by atoms with E-state index in [1.807, 2.05) is 24.3 Å². The number of nitrogens with zero attached hydrogens (tertiary/aromatic N) is 2. The van der Waals surface area contributed by atoms with Gasteiger partial charge in [-0.3, -0.25) is 0 Å². The Labute approximate surface area is 135 Å². The van der Waals surface area contributed by atoms with E-state index in [1.54, 1.807) is 0 Å². The first-order valence-corrected chi connectivity index (χ1v) is 7.37. The molecule has 0 saturated heterocycles. The molecular formula is C15H19Cl2N3O. The summed E-state index contributed by atoms with van der Waals surface area (Å²) in [6.45, 7) is 0.579. The number of halogens is 2. The fraction of sp³-hybridized carbons (Fsp3) is 0.467. The first-order chi connectivity index (χ1) is 9.72. The molecule has 0 bridgehead atoms. The van der Waals surface area contributed by atoms with Crippen molar-refractivity contribution >= 4 is 24.0 Å². The quantitative estimate of drug-likeness (QED) is 0.933. The van der Waals surface area contributed by atoms with Crippen molar-refractivity contribution in [3.05, 3.63) is 46.6 Å². The van der Waals surface area contributed by atoms with Gasteiger partial charge >= 0.3 is 0 Å². The third kappa shape index (κ3) is 3.39. The zero-order valence-electron chi connectivity index (χ0n) is 11.7. The molecule has 0 aliphatic heterocycles. The Kier molecular flexibility index (Phi) is 5.25. The van der Waals surface area contributed by atoms with E-state index < -0.39 is 0 Å². The van der Waals surface area contributed by atoms with E-state index >= 15 is 0 Å². The van der Waals surface area contributed by atoms with Gasteiger partial charge in [0.05, 0.1) is 5.41 Å². The van der Waals surface area contributed by atoms with Crippen LogP contribution >= 0.6 is 24.0 Å². The van der Waals surface area contributed by atoms with Gasteiger partial charge in [0.25, 0.3) is 0 Å². The largest absolute Gasteiger partial charge is 0.339 e. The van der Waals surface area contributed by atoms with Crippen LogP contribution in [0.4, 0.5) is 0 Å². The second-order valence-electron chi connectivity index (χ2n) is 5.51. The molecule has 1 aromatic heterocycles. The van der Waals surface area contributed by atoms with Crippen molar-refractivity contribution in [1.29, 1.82) is 0 Å². The fourth-order valence-electron chi connectivity index (χ4n) is 2.88. The molecule has 1 fully saturated rings. The van der Waals surface area contributed by atoms with Gasteiger partial charge in [-0.1, -0.05) is 41.7 Å². The predicted molar refractivity (Wildman–Crippen MR) is 85.0 cm³/mol. The molecule has 0 radical (unpaired) electrons. The van der Waals surface area contributed by atoms with E-state index in [2.05, 4.69) is 10.1 Å². The Morgan fingerprint density at radius 1 is 1.19 bits per heavy atom. The van der Waals surface area contributed by atoms with Gasteiger partial charge in [-0.15, -0.1) is 12.4 Å². The Morgan fingerprint density at radius 3 is 2.48 bits per heavy atom. The molecule has 3 rings (SSSR count). The maximum atomic E-state index is 5.94. The zero-order valence-corrected chi connectivity index (χ0v) is 13.3. The maximum absolute atomic E-state index is 5.94. The average Bonchev–Trinajstić information content (AvgIpc) is 3.11. The number of hydrogen-bond donors (Lipinski definition) is 1. The summed E-state index contributed by atoms with van der Waals surface area (Å²) in [6, 6.07) is 7.70. The van der Waals surface area contributed by atoms with Gasteiger partial charge in [0, 0.05) is 18.0 Å². The Hall–Kier alpha value is -1.10. The number of nitrogens with two attached hydrogens (primary N) is 1. The van der Waals surface area contributed by atoms with Crippen molar-refractivity contribution in [3.63, 3.8) is 0 Å². The van der Waals surface area contributed by atoms with E-state index in [0.29, 0.717) is 24.7 Å². The molecule has 4 nitrogen and oxygen atoms in total. The zero-order chi connectivity index (χ0) is 14.0. The van der Waals surface area contributed by atoms with Crippen molar-refractivity contribution in [2.45, 2.75) is 37.5 Å². The van der Waals surface area contributed by atoms with Crippen LogP contribution in [0.15, 0.2) is 28.8 Å². The summed E-state index contributed by atoms with van der Waals surface area (Å²) < 4.78 is 5.47. The first-order valence-electron chi connectivity index (χ1n) is 6.99. The minimum Gasteiger partial charge on any atom is -0.339 e. The maximum Gasteiger partial charge on any atom is 0.234 e. The van der Waals surface area contributed by atoms with Crippen LogP contribution in [0.5, 0.6) is 0 Å². The van der Waals surface area contributed by atoms with Crippen LogP contribution in [0.1, 0.15) is 43.0 Å². The summed E-state index contributed by atoms with van der Waals surface area (Å²) >= 11 is 5.88. The SMILES string of the molecule is Cl.NCC1(c2nc(Cc3ccc(Cl)cc3)no2)CCCC1. The minimum absolute atomic E-state index is 0. The van der Waals surface area contributed by atoms with Crippen molar-refractivity contribution in [2.24, 2.45) is 5.73 Å². The molecule has 6 heteroatoms. The van der Waals surface area contributed by atoms with E-state index in [0.717, 1.165) is 23.4 Å². The average molecular weight is 328 g/mol. The van der Waals surface area contributed by atoms with Crippen LogP contribution < -0.4 is 5.73 Å². The van der Waals surface area contributed by atoms with Gasteiger partial charge in [-0.2, -0.15) is 4.98 Å². The lowest BCUT2D eigenvalue weighted by Crippen LogP contribution is -2.32. The molecule has 2 N–H and O–H groups in total. The Bertz CT molecular complexity index is 577. The van der Waals surface area contributed by atoms with E-state index in [1.165, 1.54) is 12.8 Å². The van der Waals surface area contributed by atoms with E-state index in [4.69, 9.17) is 21.9 Å². The van der Waals surface area contributed by atoms with Crippen LogP contribution in [0, 0.1) is 0 Å². The first kappa shape index (κ1) is 16.3. The van der Waals surface area contributed by atoms with Crippen molar-refractivity contribution < 1.29 is 4.52 Å². The third-order valence-corrected chi connectivity index (χ3v) is 4.40. The van der Waals surface area contributed by atoms with Gasteiger partial charge in [0.15, 0.2) is 5.82 Å². The lowest BCUT2D eigenvalue weighted by atomic mass is 9.86. The van der Waals surface area contributed by atoms with Crippen LogP contribution in [0.2, 0.25) is 5.02 Å². The van der Waals surface area contributed by atoms with Crippen molar-refractivity contribution in [2.75, 3.05) is 6.54 Å². The highest BCUT2D eigenvalue weighted by molar-refractivity contribution is 6.30. The van der Waals surface area contributed by atoms with Crippen molar-refractivity contribution in [1.82, 2.24) is 10.1 Å². The summed E-state index contributed by atoms with van der Waals surface area (Å²) in [4.78, 5) is 4.56. The summed E-state index contributed by atoms with van der Waals surface area (Å²) in [5, 5.41) is 4.83. The predicted octanol–water partition coefficient (Wildman–Crippen LogP) is 3.51. The van der Waals surface area contributed by atoms with Gasteiger partial charge in [0.1, 0.15) is 0 Å². The Balaban J connectivity index is 0.00000161. The summed E-state index contributed by atoms with van der Waals surface area (Å²) in [6.07, 6.45) is 5.12. The van der Waals surface area contributed by atoms with Gasteiger partial charge in [0.2, 0.25) is 5.89 Å². The molecule has 1 aliphatic carbocycles. The second-order valence-corrected chi connectivity index (χ2v) is 5.95. The standard InChI is InChI=1S/C15H18ClN3O.ClH/c16-12-5-3-11(4-6-12)9-13-18-14(20-19-13)15(10-17)7-1-2-8-15;/h3-6H,1-2,7-10,17H2;1H. The van der Waals surface area contributed by atoms with Crippen LogP contribution in [0.3, 0.4) is 0 Å². The molecular weight excluding hydrogens is 309 g/mol. The number of hydrogen-bond acceptors (Lipinski definition) is 4. The van der Waals surface area contributed by atoms with Crippen LogP contribution in [-0.4, -0.2) is 16.7 Å². The third-order valence-electron chi connectivity index (χ3n) is 4.15. The molecule has 1 aromatic carbocycles. The lowest BCUT2D eigenvalue weighted by molar-refractivity contribution is 0.283. The van der Waals surface area contributed by atoms with E-state index in [-0.39, 0.29) is 17.8 Å². The molecule has 21 heavy (non-hydrogen) atoms. The van der Waals surface area contributed by atoms with Crippen molar-refractivity contribution in [3.8, 4) is 0 Å². The molecule has 0 unspecified atom stereocenters. The second kappa shape index (κ2) is 6.77. The Morgan fingerprint density at radius 2 is 1.86 bits per heavy atom. The minimum atomic E-state index is -0.0920. The molecule has 1 aliphatic rings. The summed E-state index contributed by atoms with van der Waals surface area (Å²) in [5.74, 6) is 1.42.